The minimum atomic E-state index is 0.0648. The van der Waals surface area contributed by atoms with Crippen molar-refractivity contribution in [1.82, 2.24) is 0 Å². The molecule has 68 valence electrons. The van der Waals surface area contributed by atoms with Crippen LogP contribution in [-0.2, 0) is 4.74 Å². The van der Waals surface area contributed by atoms with Gasteiger partial charge in [-0.25, -0.2) is 0 Å². The Labute approximate surface area is 77.3 Å². The van der Waals surface area contributed by atoms with Crippen LogP contribution < -0.4 is 5.73 Å². The van der Waals surface area contributed by atoms with Crippen LogP contribution in [0.25, 0.3) is 0 Å². The van der Waals surface area contributed by atoms with Crippen molar-refractivity contribution in [2.24, 2.45) is 5.73 Å². The highest BCUT2D eigenvalue weighted by atomic mass is 32.1. The van der Waals surface area contributed by atoms with E-state index in [4.69, 9.17) is 10.5 Å². The van der Waals surface area contributed by atoms with Gasteiger partial charge in [-0.05, 0) is 17.9 Å². The molecule has 2 atom stereocenters. The number of hydrogen-bond donors (Lipinski definition) is 1. The van der Waals surface area contributed by atoms with E-state index in [1.807, 2.05) is 11.4 Å². The van der Waals surface area contributed by atoms with Crippen LogP contribution in [0.3, 0.4) is 0 Å². The third kappa shape index (κ3) is 2.06. The van der Waals surface area contributed by atoms with E-state index in [0.717, 1.165) is 6.42 Å². The summed E-state index contributed by atoms with van der Waals surface area (Å²) in [5.41, 5.74) is 5.90. The van der Waals surface area contributed by atoms with Crippen LogP contribution in [0, 0.1) is 0 Å². The summed E-state index contributed by atoms with van der Waals surface area (Å²) in [7, 11) is 1.71. The van der Waals surface area contributed by atoms with E-state index in [0.29, 0.717) is 0 Å². The first-order valence-corrected chi connectivity index (χ1v) is 4.99. The Hall–Kier alpha value is -0.380. The van der Waals surface area contributed by atoms with Crippen LogP contribution in [0.2, 0.25) is 0 Å². The molecule has 0 aliphatic rings. The van der Waals surface area contributed by atoms with Crippen molar-refractivity contribution >= 4 is 11.3 Å². The number of hydrogen-bond acceptors (Lipinski definition) is 3. The molecule has 1 aromatic heterocycles. The molecule has 2 nitrogen and oxygen atoms in total. The summed E-state index contributed by atoms with van der Waals surface area (Å²) in [5.74, 6) is 0. The average Bonchev–Trinajstić information content (AvgIpc) is 2.58. The highest BCUT2D eigenvalue weighted by molar-refractivity contribution is 7.10. The number of rotatable bonds is 4. The molecule has 1 heterocycles. The smallest absolute Gasteiger partial charge is 0.106 e. The highest BCUT2D eigenvalue weighted by Crippen LogP contribution is 2.25. The standard InChI is InChI=1S/C9H15NOS/c1-3-7(10)9(11-2)8-5-4-6-12-8/h4-7,9H,3,10H2,1-2H3. The topological polar surface area (TPSA) is 35.2 Å². The Kier molecular flexibility index (Phi) is 3.72. The van der Waals surface area contributed by atoms with Crippen LogP contribution in [0.15, 0.2) is 17.5 Å². The van der Waals surface area contributed by atoms with E-state index in [1.54, 1.807) is 18.4 Å². The number of nitrogens with two attached hydrogens (primary N) is 1. The van der Waals surface area contributed by atoms with E-state index in [2.05, 4.69) is 13.0 Å². The summed E-state index contributed by atoms with van der Waals surface area (Å²) < 4.78 is 5.33. The zero-order chi connectivity index (χ0) is 8.97. The number of methoxy groups -OCH3 is 1. The summed E-state index contributed by atoms with van der Waals surface area (Å²) in [6.07, 6.45) is 1.01. The van der Waals surface area contributed by atoms with Gasteiger partial charge in [-0.15, -0.1) is 11.3 Å². The Bertz CT molecular complexity index is 210. The van der Waals surface area contributed by atoms with Gasteiger partial charge < -0.3 is 10.5 Å². The maximum absolute atomic E-state index is 5.90. The molecule has 1 aromatic rings. The quantitative estimate of drug-likeness (QED) is 0.780. The summed E-state index contributed by atoms with van der Waals surface area (Å²) in [6.45, 7) is 2.07. The van der Waals surface area contributed by atoms with Crippen molar-refractivity contribution in [1.29, 1.82) is 0 Å². The van der Waals surface area contributed by atoms with E-state index in [1.165, 1.54) is 4.88 Å². The third-order valence-electron chi connectivity index (χ3n) is 1.94. The second-order valence-electron chi connectivity index (χ2n) is 2.74. The lowest BCUT2D eigenvalue weighted by atomic mass is 10.1. The molecule has 0 amide bonds. The van der Waals surface area contributed by atoms with Crippen LogP contribution in [0.1, 0.15) is 24.3 Å². The zero-order valence-electron chi connectivity index (χ0n) is 7.49. The molecular formula is C9H15NOS. The van der Waals surface area contributed by atoms with Gasteiger partial charge >= 0.3 is 0 Å². The molecule has 0 aliphatic carbocycles. The summed E-state index contributed by atoms with van der Waals surface area (Å²) in [5, 5.41) is 2.05. The maximum Gasteiger partial charge on any atom is 0.106 e. The lowest BCUT2D eigenvalue weighted by Crippen LogP contribution is -2.28. The molecule has 0 bridgehead atoms. The fraction of sp³-hybridized carbons (Fsp3) is 0.556. The van der Waals surface area contributed by atoms with Crippen molar-refractivity contribution in [2.45, 2.75) is 25.5 Å². The molecule has 3 heteroatoms. The van der Waals surface area contributed by atoms with Crippen LogP contribution in [0.4, 0.5) is 0 Å². The SMILES string of the molecule is CCC(N)C(OC)c1cccs1. The van der Waals surface area contributed by atoms with Gasteiger partial charge in [0.1, 0.15) is 6.10 Å². The molecule has 0 saturated carbocycles. The van der Waals surface area contributed by atoms with Crippen molar-refractivity contribution in [2.75, 3.05) is 7.11 Å². The summed E-state index contributed by atoms with van der Waals surface area (Å²) in [4.78, 5) is 1.21. The second kappa shape index (κ2) is 4.60. The molecule has 0 aromatic carbocycles. The normalized spacial score (nSPS) is 15.9. The molecule has 12 heavy (non-hydrogen) atoms. The molecule has 0 fully saturated rings. The van der Waals surface area contributed by atoms with Gasteiger partial charge in [0.05, 0.1) is 0 Å². The van der Waals surface area contributed by atoms with Crippen molar-refractivity contribution < 1.29 is 4.74 Å². The van der Waals surface area contributed by atoms with Gasteiger partial charge in [0.2, 0.25) is 0 Å². The van der Waals surface area contributed by atoms with Crippen molar-refractivity contribution in [3.05, 3.63) is 22.4 Å². The maximum atomic E-state index is 5.90. The van der Waals surface area contributed by atoms with Gasteiger partial charge in [-0.1, -0.05) is 13.0 Å². The summed E-state index contributed by atoms with van der Waals surface area (Å²) >= 11 is 1.69. The van der Waals surface area contributed by atoms with Gasteiger partial charge in [-0.3, -0.25) is 0 Å². The van der Waals surface area contributed by atoms with E-state index in [-0.39, 0.29) is 12.1 Å². The van der Waals surface area contributed by atoms with Crippen LogP contribution in [0.5, 0.6) is 0 Å². The van der Waals surface area contributed by atoms with Gasteiger partial charge in [-0.2, -0.15) is 0 Å². The first kappa shape index (κ1) is 9.71. The lowest BCUT2D eigenvalue weighted by molar-refractivity contribution is 0.0820. The summed E-state index contributed by atoms with van der Waals surface area (Å²) in [6, 6.07) is 4.19. The Morgan fingerprint density at radius 3 is 2.83 bits per heavy atom. The van der Waals surface area contributed by atoms with Crippen molar-refractivity contribution in [3.63, 3.8) is 0 Å². The number of ether oxygens (including phenoxy) is 1. The van der Waals surface area contributed by atoms with Crippen LogP contribution >= 0.6 is 11.3 Å². The second-order valence-corrected chi connectivity index (χ2v) is 3.72. The predicted molar refractivity (Wildman–Crippen MR) is 52.3 cm³/mol. The van der Waals surface area contributed by atoms with Crippen molar-refractivity contribution in [3.8, 4) is 0 Å². The molecule has 2 N–H and O–H groups in total. The molecule has 0 aliphatic heterocycles. The largest absolute Gasteiger partial charge is 0.374 e. The average molecular weight is 185 g/mol. The van der Waals surface area contributed by atoms with E-state index in [9.17, 15) is 0 Å². The predicted octanol–water partition coefficient (Wildman–Crippen LogP) is 2.17. The van der Waals surface area contributed by atoms with E-state index < -0.39 is 0 Å². The fourth-order valence-corrected chi connectivity index (χ4v) is 2.05. The van der Waals surface area contributed by atoms with E-state index >= 15 is 0 Å². The minimum Gasteiger partial charge on any atom is -0.374 e. The minimum absolute atomic E-state index is 0.0648. The third-order valence-corrected chi connectivity index (χ3v) is 2.87. The fourth-order valence-electron chi connectivity index (χ4n) is 1.17. The molecular weight excluding hydrogens is 170 g/mol. The zero-order valence-corrected chi connectivity index (χ0v) is 8.30. The monoisotopic (exact) mass is 185 g/mol. The van der Waals surface area contributed by atoms with Gasteiger partial charge in [0.25, 0.3) is 0 Å². The first-order valence-electron chi connectivity index (χ1n) is 4.11. The number of thiophene rings is 1. The lowest BCUT2D eigenvalue weighted by Gasteiger charge is -2.19. The molecule has 0 spiro atoms. The van der Waals surface area contributed by atoms with Crippen LogP contribution in [-0.4, -0.2) is 13.2 Å². The Morgan fingerprint density at radius 1 is 1.67 bits per heavy atom. The molecule has 2 unspecified atom stereocenters. The highest BCUT2D eigenvalue weighted by Gasteiger charge is 2.17. The molecule has 0 radical (unpaired) electrons. The molecule has 0 saturated heterocycles. The Balaban J connectivity index is 2.69. The molecule has 1 rings (SSSR count). The van der Waals surface area contributed by atoms with Gasteiger partial charge in [0.15, 0.2) is 0 Å². The van der Waals surface area contributed by atoms with Gasteiger partial charge in [0, 0.05) is 18.0 Å². The Morgan fingerprint density at radius 2 is 2.42 bits per heavy atom. The first-order chi connectivity index (χ1) is 5.79.